The van der Waals surface area contributed by atoms with E-state index in [1.165, 1.54) is 6.07 Å². The third-order valence-electron chi connectivity index (χ3n) is 6.09. The van der Waals surface area contributed by atoms with Gasteiger partial charge in [0.25, 0.3) is 5.91 Å². The third-order valence-corrected chi connectivity index (χ3v) is 6.09. The molecule has 208 valence electrons. The van der Waals surface area contributed by atoms with Crippen LogP contribution in [0.3, 0.4) is 0 Å². The molecule has 0 aliphatic heterocycles. The normalized spacial score (nSPS) is 12.3. The van der Waals surface area contributed by atoms with Crippen LogP contribution in [0.15, 0.2) is 34.7 Å². The van der Waals surface area contributed by atoms with E-state index in [0.29, 0.717) is 42.1 Å². The van der Waals surface area contributed by atoms with E-state index in [-0.39, 0.29) is 18.8 Å². The number of nitrogens with one attached hydrogen (secondary N) is 3. The van der Waals surface area contributed by atoms with Crippen LogP contribution in [0, 0.1) is 11.8 Å². The van der Waals surface area contributed by atoms with E-state index < -0.39 is 35.5 Å². The SMILES string of the molecule is CCCCC[C@@H](C(=O)NCNC(=O)c1ccc(-c2cc(CC(=O)O)cc(OCC)c2)o1)[C@@H](CC)C(=O)NO. The maximum absolute atomic E-state index is 12.9. The first-order valence-corrected chi connectivity index (χ1v) is 12.8. The van der Waals surface area contributed by atoms with E-state index >= 15 is 0 Å². The standard InChI is InChI=1S/C27H37N3O8/c1-4-7-8-9-21(20(5-2)26(34)30-36)25(33)28-16-29-27(35)23-11-10-22(38-23)18-12-17(14-24(31)32)13-19(15-18)37-6-3/h10-13,15,20-21,36H,4-9,14,16H2,1-3H3,(H,28,33)(H,29,35)(H,30,34)(H,31,32)/t20-,21-/m1/s1. The zero-order chi connectivity index (χ0) is 28.1. The number of aliphatic carboxylic acids is 1. The second kappa shape index (κ2) is 15.4. The Morgan fingerprint density at radius 3 is 2.37 bits per heavy atom. The van der Waals surface area contributed by atoms with Crippen molar-refractivity contribution in [1.29, 1.82) is 0 Å². The maximum Gasteiger partial charge on any atom is 0.307 e. The number of carbonyl (C=O) groups is 4. The number of rotatable bonds is 16. The zero-order valence-electron chi connectivity index (χ0n) is 22.0. The van der Waals surface area contributed by atoms with Crippen molar-refractivity contribution in [3.63, 3.8) is 0 Å². The second-order valence-electron chi connectivity index (χ2n) is 8.85. The van der Waals surface area contributed by atoms with Crippen LogP contribution in [0.25, 0.3) is 11.3 Å². The number of carbonyl (C=O) groups excluding carboxylic acids is 3. The van der Waals surface area contributed by atoms with Crippen LogP contribution in [-0.4, -0.2) is 47.3 Å². The minimum Gasteiger partial charge on any atom is -0.494 e. The van der Waals surface area contributed by atoms with Crippen LogP contribution >= 0.6 is 0 Å². The van der Waals surface area contributed by atoms with Crippen LogP contribution in [0.1, 0.15) is 69.0 Å². The summed E-state index contributed by atoms with van der Waals surface area (Å²) < 4.78 is 11.2. The van der Waals surface area contributed by atoms with Gasteiger partial charge in [0.05, 0.1) is 25.6 Å². The van der Waals surface area contributed by atoms with Crippen LogP contribution in [0.4, 0.5) is 0 Å². The number of carboxylic acid groups (broad SMARTS) is 1. The Hall–Kier alpha value is -3.86. The Morgan fingerprint density at radius 2 is 1.74 bits per heavy atom. The first-order valence-electron chi connectivity index (χ1n) is 12.8. The van der Waals surface area contributed by atoms with Crippen LogP contribution in [-0.2, 0) is 20.8 Å². The van der Waals surface area contributed by atoms with Gasteiger partial charge in [0.1, 0.15) is 11.5 Å². The fourth-order valence-electron chi connectivity index (χ4n) is 4.24. The van der Waals surface area contributed by atoms with Crippen molar-refractivity contribution in [3.8, 4) is 17.1 Å². The van der Waals surface area contributed by atoms with E-state index in [4.69, 9.17) is 19.5 Å². The van der Waals surface area contributed by atoms with Crippen molar-refractivity contribution >= 4 is 23.7 Å². The van der Waals surface area contributed by atoms with Gasteiger partial charge >= 0.3 is 5.97 Å². The molecule has 0 aliphatic rings. The first-order chi connectivity index (χ1) is 18.2. The second-order valence-corrected chi connectivity index (χ2v) is 8.85. The zero-order valence-corrected chi connectivity index (χ0v) is 22.0. The summed E-state index contributed by atoms with van der Waals surface area (Å²) in [5, 5.41) is 23.4. The van der Waals surface area contributed by atoms with E-state index in [2.05, 4.69) is 10.6 Å². The van der Waals surface area contributed by atoms with E-state index in [1.54, 1.807) is 36.7 Å². The summed E-state index contributed by atoms with van der Waals surface area (Å²) in [5.41, 5.74) is 2.72. The number of furan rings is 1. The molecule has 0 bridgehead atoms. The highest BCUT2D eigenvalue weighted by atomic mass is 16.5. The lowest BCUT2D eigenvalue weighted by molar-refractivity contribution is -0.140. The number of hydrogen-bond acceptors (Lipinski definition) is 7. The monoisotopic (exact) mass is 531 g/mol. The molecule has 11 heteroatoms. The lowest BCUT2D eigenvalue weighted by Gasteiger charge is -2.24. The van der Waals surface area contributed by atoms with Gasteiger partial charge in [-0.3, -0.25) is 24.4 Å². The first kappa shape index (κ1) is 30.4. The number of amides is 3. The van der Waals surface area contributed by atoms with Gasteiger partial charge in [-0.25, -0.2) is 5.48 Å². The van der Waals surface area contributed by atoms with Crippen LogP contribution < -0.4 is 20.9 Å². The van der Waals surface area contributed by atoms with Crippen molar-refractivity contribution < 1.29 is 38.6 Å². The molecule has 0 saturated carbocycles. The average Bonchev–Trinajstić information content (AvgIpc) is 3.38. The molecule has 5 N–H and O–H groups in total. The minimum absolute atomic E-state index is 0.00133. The Labute approximate surface area is 221 Å². The molecule has 0 saturated heterocycles. The average molecular weight is 532 g/mol. The summed E-state index contributed by atoms with van der Waals surface area (Å²) in [5.74, 6) is -3.06. The Kier molecular flexibility index (Phi) is 12.3. The minimum atomic E-state index is -0.985. The molecule has 11 nitrogen and oxygen atoms in total. The molecule has 1 aromatic carbocycles. The molecule has 0 unspecified atom stereocenters. The van der Waals surface area contributed by atoms with Crippen molar-refractivity contribution in [2.45, 2.75) is 59.3 Å². The molecular weight excluding hydrogens is 494 g/mol. The molecule has 0 spiro atoms. The van der Waals surface area contributed by atoms with E-state index in [9.17, 15) is 19.2 Å². The molecule has 1 aromatic heterocycles. The highest BCUT2D eigenvalue weighted by Crippen LogP contribution is 2.28. The quantitative estimate of drug-likeness (QED) is 0.0949. The van der Waals surface area contributed by atoms with Gasteiger partial charge in [-0.15, -0.1) is 0 Å². The molecule has 0 radical (unpaired) electrons. The summed E-state index contributed by atoms with van der Waals surface area (Å²) in [7, 11) is 0. The highest BCUT2D eigenvalue weighted by molar-refractivity contribution is 5.92. The third kappa shape index (κ3) is 8.91. The Morgan fingerprint density at radius 1 is 0.974 bits per heavy atom. The number of hydrogen-bond donors (Lipinski definition) is 5. The van der Waals surface area contributed by atoms with Crippen molar-refractivity contribution in [2.75, 3.05) is 13.3 Å². The fourth-order valence-corrected chi connectivity index (χ4v) is 4.24. The largest absolute Gasteiger partial charge is 0.494 e. The summed E-state index contributed by atoms with van der Waals surface area (Å²) in [4.78, 5) is 48.7. The van der Waals surface area contributed by atoms with Gasteiger partial charge in [0, 0.05) is 11.5 Å². The summed E-state index contributed by atoms with van der Waals surface area (Å²) in [6.45, 7) is 5.83. The molecule has 2 aromatic rings. The number of benzene rings is 1. The van der Waals surface area contributed by atoms with Gasteiger partial charge in [-0.2, -0.15) is 0 Å². The van der Waals surface area contributed by atoms with E-state index in [1.807, 2.05) is 13.8 Å². The number of unbranched alkanes of at least 4 members (excludes halogenated alkanes) is 2. The van der Waals surface area contributed by atoms with Crippen LogP contribution in [0.2, 0.25) is 0 Å². The van der Waals surface area contributed by atoms with Crippen molar-refractivity contribution in [2.24, 2.45) is 11.8 Å². The molecular formula is C27H37N3O8. The molecule has 2 atom stereocenters. The lowest BCUT2D eigenvalue weighted by atomic mass is 9.84. The number of ether oxygens (including phenoxy) is 1. The number of hydroxylamine groups is 1. The topological polar surface area (TPSA) is 167 Å². The molecule has 0 fully saturated rings. The van der Waals surface area contributed by atoms with Gasteiger partial charge < -0.3 is 24.9 Å². The molecule has 2 rings (SSSR count). The molecule has 38 heavy (non-hydrogen) atoms. The van der Waals surface area contributed by atoms with Gasteiger partial charge in [-0.05, 0) is 55.7 Å². The van der Waals surface area contributed by atoms with Gasteiger partial charge in [0.2, 0.25) is 11.8 Å². The smallest absolute Gasteiger partial charge is 0.307 e. The summed E-state index contributed by atoms with van der Waals surface area (Å²) >= 11 is 0. The highest BCUT2D eigenvalue weighted by Gasteiger charge is 2.32. The number of carboxylic acids is 1. The molecule has 3 amide bonds. The van der Waals surface area contributed by atoms with E-state index in [0.717, 1.165) is 19.3 Å². The van der Waals surface area contributed by atoms with Gasteiger partial charge in [-0.1, -0.05) is 33.1 Å². The van der Waals surface area contributed by atoms with Gasteiger partial charge in [0.15, 0.2) is 5.76 Å². The predicted molar refractivity (Wildman–Crippen MR) is 138 cm³/mol. The molecule has 0 aliphatic carbocycles. The Bertz CT molecular complexity index is 1100. The van der Waals surface area contributed by atoms with Crippen molar-refractivity contribution in [3.05, 3.63) is 41.7 Å². The van der Waals surface area contributed by atoms with Crippen molar-refractivity contribution in [1.82, 2.24) is 16.1 Å². The summed E-state index contributed by atoms with van der Waals surface area (Å²) in [6.07, 6.45) is 3.27. The fraction of sp³-hybridized carbons (Fsp3) is 0.481. The maximum atomic E-state index is 12.9. The lowest BCUT2D eigenvalue weighted by Crippen LogP contribution is -2.44. The predicted octanol–water partition coefficient (Wildman–Crippen LogP) is 3.50. The summed E-state index contributed by atoms with van der Waals surface area (Å²) in [6, 6.07) is 8.06. The molecule has 1 heterocycles. The Balaban J connectivity index is 2.06. The van der Waals surface area contributed by atoms with Crippen LogP contribution in [0.5, 0.6) is 5.75 Å².